The van der Waals surface area contributed by atoms with E-state index in [1.165, 1.54) is 0 Å². The molecule has 1 aromatic heterocycles. The van der Waals surface area contributed by atoms with Crippen LogP contribution in [0.1, 0.15) is 46.4 Å². The third kappa shape index (κ3) is 3.60. The van der Waals surface area contributed by atoms with E-state index in [1.54, 1.807) is 35.8 Å². The number of hydroxylamine groups is 1. The number of rotatable bonds is 5. The number of fused-ring (bicyclic) bond motifs is 1. The average Bonchev–Trinajstić information content (AvgIpc) is 3.09. The Hall–Kier alpha value is -3.12. The minimum Gasteiger partial charge on any atom is -0.451 e. The number of para-hydroxylation sites is 1. The summed E-state index contributed by atoms with van der Waals surface area (Å²) in [7, 11) is 0. The SMILES string of the molecule is CC(C)[C@@H](NC(=O)c1cc2ccccc2o1)c1ccc(C(=O)NO)cc1. The van der Waals surface area contributed by atoms with Crippen LogP contribution in [0.4, 0.5) is 0 Å². The van der Waals surface area contributed by atoms with E-state index in [-0.39, 0.29) is 23.6 Å². The van der Waals surface area contributed by atoms with E-state index in [0.717, 1.165) is 10.9 Å². The largest absolute Gasteiger partial charge is 0.451 e. The predicted molar refractivity (Wildman–Crippen MR) is 97.0 cm³/mol. The van der Waals surface area contributed by atoms with Crippen molar-refractivity contribution in [3.63, 3.8) is 0 Å². The highest BCUT2D eigenvalue weighted by Gasteiger charge is 2.21. The van der Waals surface area contributed by atoms with E-state index in [2.05, 4.69) is 5.32 Å². The first-order chi connectivity index (χ1) is 12.5. The van der Waals surface area contributed by atoms with Crippen LogP contribution in [0.25, 0.3) is 11.0 Å². The van der Waals surface area contributed by atoms with Crippen molar-refractivity contribution in [2.24, 2.45) is 5.92 Å². The quantitative estimate of drug-likeness (QED) is 0.482. The molecule has 0 spiro atoms. The molecule has 0 saturated heterocycles. The van der Waals surface area contributed by atoms with Gasteiger partial charge in [-0.05, 0) is 35.7 Å². The zero-order valence-electron chi connectivity index (χ0n) is 14.5. The monoisotopic (exact) mass is 352 g/mol. The molecule has 0 bridgehead atoms. The molecule has 1 atom stereocenters. The molecule has 2 aromatic carbocycles. The van der Waals surface area contributed by atoms with Gasteiger partial charge in [-0.1, -0.05) is 44.2 Å². The first-order valence-electron chi connectivity index (χ1n) is 8.33. The highest BCUT2D eigenvalue weighted by atomic mass is 16.5. The molecule has 6 heteroatoms. The zero-order chi connectivity index (χ0) is 18.7. The fourth-order valence-corrected chi connectivity index (χ4v) is 2.85. The van der Waals surface area contributed by atoms with Crippen LogP contribution in [-0.2, 0) is 0 Å². The summed E-state index contributed by atoms with van der Waals surface area (Å²) < 4.78 is 5.62. The fraction of sp³-hybridized carbons (Fsp3) is 0.200. The lowest BCUT2D eigenvalue weighted by molar-refractivity contribution is 0.0706. The molecule has 0 aliphatic carbocycles. The number of benzene rings is 2. The Labute approximate surface area is 150 Å². The lowest BCUT2D eigenvalue weighted by atomic mass is 9.95. The number of carbonyl (C=O) groups excluding carboxylic acids is 2. The summed E-state index contributed by atoms with van der Waals surface area (Å²) in [5.74, 6) is -0.491. The molecule has 0 saturated carbocycles. The third-order valence-corrected chi connectivity index (χ3v) is 4.24. The van der Waals surface area contributed by atoms with Crippen molar-refractivity contribution in [2.75, 3.05) is 0 Å². The average molecular weight is 352 g/mol. The van der Waals surface area contributed by atoms with E-state index < -0.39 is 5.91 Å². The van der Waals surface area contributed by atoms with Gasteiger partial charge in [-0.3, -0.25) is 14.8 Å². The zero-order valence-corrected chi connectivity index (χ0v) is 14.5. The number of carbonyl (C=O) groups is 2. The fourth-order valence-electron chi connectivity index (χ4n) is 2.85. The van der Waals surface area contributed by atoms with Gasteiger partial charge in [0, 0.05) is 10.9 Å². The van der Waals surface area contributed by atoms with Gasteiger partial charge in [-0.25, -0.2) is 5.48 Å². The van der Waals surface area contributed by atoms with Crippen LogP contribution in [0.3, 0.4) is 0 Å². The molecule has 6 nitrogen and oxygen atoms in total. The number of nitrogens with one attached hydrogen (secondary N) is 2. The van der Waals surface area contributed by atoms with E-state index in [0.29, 0.717) is 11.1 Å². The maximum atomic E-state index is 12.6. The van der Waals surface area contributed by atoms with Crippen molar-refractivity contribution in [1.29, 1.82) is 0 Å². The molecule has 3 N–H and O–H groups in total. The Morgan fingerprint density at radius 3 is 2.31 bits per heavy atom. The summed E-state index contributed by atoms with van der Waals surface area (Å²) in [5.41, 5.74) is 3.46. The first kappa shape index (κ1) is 17.7. The smallest absolute Gasteiger partial charge is 0.287 e. The first-order valence-corrected chi connectivity index (χ1v) is 8.33. The van der Waals surface area contributed by atoms with Crippen LogP contribution < -0.4 is 10.8 Å². The van der Waals surface area contributed by atoms with Gasteiger partial charge in [0.1, 0.15) is 5.58 Å². The summed E-state index contributed by atoms with van der Waals surface area (Å²) in [6, 6.07) is 15.6. The molecule has 3 rings (SSSR count). The van der Waals surface area contributed by atoms with Crippen LogP contribution in [-0.4, -0.2) is 17.0 Å². The second-order valence-electron chi connectivity index (χ2n) is 6.41. The van der Waals surface area contributed by atoms with Crippen LogP contribution >= 0.6 is 0 Å². The van der Waals surface area contributed by atoms with Gasteiger partial charge in [0.15, 0.2) is 5.76 Å². The van der Waals surface area contributed by atoms with E-state index >= 15 is 0 Å². The minimum atomic E-state index is -0.580. The molecule has 0 fully saturated rings. The normalized spacial score (nSPS) is 12.2. The van der Waals surface area contributed by atoms with Gasteiger partial charge >= 0.3 is 0 Å². The second kappa shape index (κ2) is 7.41. The topological polar surface area (TPSA) is 91.6 Å². The summed E-state index contributed by atoms with van der Waals surface area (Å²) in [5, 5.41) is 12.6. The van der Waals surface area contributed by atoms with Gasteiger partial charge < -0.3 is 9.73 Å². The second-order valence-corrected chi connectivity index (χ2v) is 6.41. The molecule has 134 valence electrons. The highest BCUT2D eigenvalue weighted by molar-refractivity contribution is 5.96. The number of hydrogen-bond acceptors (Lipinski definition) is 4. The summed E-state index contributed by atoms with van der Waals surface area (Å²) in [6.07, 6.45) is 0. The molecular weight excluding hydrogens is 332 g/mol. The van der Waals surface area contributed by atoms with Crippen LogP contribution in [0, 0.1) is 5.92 Å². The van der Waals surface area contributed by atoms with Gasteiger partial charge in [-0.2, -0.15) is 0 Å². The van der Waals surface area contributed by atoms with Crippen molar-refractivity contribution in [3.8, 4) is 0 Å². The summed E-state index contributed by atoms with van der Waals surface area (Å²) >= 11 is 0. The van der Waals surface area contributed by atoms with E-state index in [4.69, 9.17) is 9.62 Å². The Morgan fingerprint density at radius 1 is 1.00 bits per heavy atom. The molecule has 1 heterocycles. The molecule has 0 aliphatic rings. The highest BCUT2D eigenvalue weighted by Crippen LogP contribution is 2.24. The van der Waals surface area contributed by atoms with Crippen molar-refractivity contribution < 1.29 is 19.2 Å². The molecule has 2 amide bonds. The molecule has 26 heavy (non-hydrogen) atoms. The van der Waals surface area contributed by atoms with Crippen molar-refractivity contribution >= 4 is 22.8 Å². The third-order valence-electron chi connectivity index (χ3n) is 4.24. The van der Waals surface area contributed by atoms with Crippen molar-refractivity contribution in [2.45, 2.75) is 19.9 Å². The predicted octanol–water partition coefficient (Wildman–Crippen LogP) is 3.68. The Morgan fingerprint density at radius 2 is 1.69 bits per heavy atom. The maximum Gasteiger partial charge on any atom is 0.287 e. The van der Waals surface area contributed by atoms with Crippen LogP contribution in [0.2, 0.25) is 0 Å². The van der Waals surface area contributed by atoms with Gasteiger partial charge in [0.05, 0.1) is 6.04 Å². The van der Waals surface area contributed by atoms with E-state index in [9.17, 15) is 9.59 Å². The maximum absolute atomic E-state index is 12.6. The number of amides is 2. The van der Waals surface area contributed by atoms with Gasteiger partial charge in [0.25, 0.3) is 11.8 Å². The van der Waals surface area contributed by atoms with Crippen LogP contribution in [0.15, 0.2) is 59.0 Å². The Kier molecular flexibility index (Phi) is 5.04. The minimum absolute atomic E-state index is 0.126. The molecule has 0 radical (unpaired) electrons. The number of hydrogen-bond donors (Lipinski definition) is 3. The van der Waals surface area contributed by atoms with Gasteiger partial charge in [-0.15, -0.1) is 0 Å². The van der Waals surface area contributed by atoms with E-state index in [1.807, 2.05) is 38.1 Å². The lowest BCUT2D eigenvalue weighted by Crippen LogP contribution is -2.31. The van der Waals surface area contributed by atoms with Crippen molar-refractivity contribution in [1.82, 2.24) is 10.8 Å². The summed E-state index contributed by atoms with van der Waals surface area (Å²) in [4.78, 5) is 24.1. The Balaban J connectivity index is 1.81. The van der Waals surface area contributed by atoms with Gasteiger partial charge in [0.2, 0.25) is 0 Å². The molecule has 0 unspecified atom stereocenters. The van der Waals surface area contributed by atoms with Crippen molar-refractivity contribution in [3.05, 3.63) is 71.5 Å². The van der Waals surface area contributed by atoms with Crippen LogP contribution in [0.5, 0.6) is 0 Å². The lowest BCUT2D eigenvalue weighted by Gasteiger charge is -2.22. The molecule has 3 aromatic rings. The standard InChI is InChI=1S/C20H20N2O4/c1-12(2)18(13-7-9-14(10-8-13)19(23)22-25)21-20(24)17-11-15-5-3-4-6-16(15)26-17/h3-12,18,25H,1-2H3,(H,21,24)(H,22,23)/t18-/m1/s1. The summed E-state index contributed by atoms with van der Waals surface area (Å²) in [6.45, 7) is 4.00. The number of furan rings is 1. The molecular formula is C20H20N2O4. The Bertz CT molecular complexity index is 895. The molecule has 0 aliphatic heterocycles.